The number of hydrogen-bond donors (Lipinski definition) is 2. The van der Waals surface area contributed by atoms with Gasteiger partial charge in [0.05, 0.1) is 6.61 Å². The second kappa shape index (κ2) is 10.2. The molecule has 0 aliphatic heterocycles. The van der Waals surface area contributed by atoms with Gasteiger partial charge >= 0.3 is 0 Å². The number of carbonyl (C=O) groups excluding carboxylic acids is 2. The molecule has 2 N–H and O–H groups in total. The van der Waals surface area contributed by atoms with Crippen molar-refractivity contribution < 1.29 is 23.8 Å². The van der Waals surface area contributed by atoms with Crippen molar-refractivity contribution in [2.45, 2.75) is 13.8 Å². The predicted octanol–water partition coefficient (Wildman–Crippen LogP) is 2.17. The minimum atomic E-state index is -0.453. The molecule has 2 rings (SSSR count). The third-order valence-electron chi connectivity index (χ3n) is 3.74. The molecule has 0 atom stereocenters. The summed E-state index contributed by atoms with van der Waals surface area (Å²) in [7, 11) is 1.60. The van der Waals surface area contributed by atoms with Gasteiger partial charge in [-0.1, -0.05) is 18.2 Å². The number of amides is 2. The molecular weight excluding hydrogens is 348 g/mol. The summed E-state index contributed by atoms with van der Waals surface area (Å²) in [5, 5.41) is 0. The van der Waals surface area contributed by atoms with Crippen LogP contribution in [0.25, 0.3) is 0 Å². The summed E-state index contributed by atoms with van der Waals surface area (Å²) in [5.74, 6) is 0.419. The molecule has 27 heavy (non-hydrogen) atoms. The maximum Gasteiger partial charge on any atom is 0.276 e. The molecule has 0 saturated heterocycles. The van der Waals surface area contributed by atoms with Crippen molar-refractivity contribution in [2.24, 2.45) is 0 Å². The molecule has 0 aliphatic rings. The van der Waals surface area contributed by atoms with Crippen molar-refractivity contribution in [3.63, 3.8) is 0 Å². The molecule has 0 saturated carbocycles. The van der Waals surface area contributed by atoms with Crippen LogP contribution in [0.3, 0.4) is 0 Å². The normalized spacial score (nSPS) is 10.2. The SMILES string of the molecule is COCCOc1ccc(C(=O)NNC(=O)COc2c(C)cccc2C)cc1. The lowest BCUT2D eigenvalue weighted by molar-refractivity contribution is -0.123. The van der Waals surface area contributed by atoms with Gasteiger partial charge in [-0.25, -0.2) is 0 Å². The van der Waals surface area contributed by atoms with Gasteiger partial charge in [-0.15, -0.1) is 0 Å². The van der Waals surface area contributed by atoms with E-state index in [2.05, 4.69) is 10.9 Å². The van der Waals surface area contributed by atoms with Crippen LogP contribution >= 0.6 is 0 Å². The second-order valence-corrected chi connectivity index (χ2v) is 5.88. The Morgan fingerprint density at radius 3 is 2.19 bits per heavy atom. The molecule has 0 heterocycles. The molecule has 2 aromatic carbocycles. The Balaban J connectivity index is 1.78. The van der Waals surface area contributed by atoms with Crippen molar-refractivity contribution >= 4 is 11.8 Å². The molecule has 144 valence electrons. The summed E-state index contributed by atoms with van der Waals surface area (Å²) < 4.78 is 15.9. The quantitative estimate of drug-likeness (QED) is 0.548. The van der Waals surface area contributed by atoms with Gasteiger partial charge in [0.1, 0.15) is 18.1 Å². The fourth-order valence-electron chi connectivity index (χ4n) is 2.34. The van der Waals surface area contributed by atoms with Crippen LogP contribution in [0.2, 0.25) is 0 Å². The van der Waals surface area contributed by atoms with E-state index in [1.54, 1.807) is 31.4 Å². The largest absolute Gasteiger partial charge is 0.491 e. The van der Waals surface area contributed by atoms with Crippen LogP contribution in [0.15, 0.2) is 42.5 Å². The van der Waals surface area contributed by atoms with E-state index in [0.29, 0.717) is 30.3 Å². The lowest BCUT2D eigenvalue weighted by Crippen LogP contribution is -2.43. The molecule has 7 nitrogen and oxygen atoms in total. The van der Waals surface area contributed by atoms with Crippen LogP contribution in [0, 0.1) is 13.8 Å². The van der Waals surface area contributed by atoms with Crippen molar-refractivity contribution in [1.29, 1.82) is 0 Å². The van der Waals surface area contributed by atoms with Gasteiger partial charge in [0.25, 0.3) is 11.8 Å². The minimum absolute atomic E-state index is 0.196. The van der Waals surface area contributed by atoms with Crippen LogP contribution in [0.5, 0.6) is 11.5 Å². The highest BCUT2D eigenvalue weighted by Crippen LogP contribution is 2.21. The van der Waals surface area contributed by atoms with E-state index in [1.165, 1.54) is 0 Å². The number of hydrazine groups is 1. The number of nitrogens with one attached hydrogen (secondary N) is 2. The Labute approximate surface area is 158 Å². The molecule has 0 unspecified atom stereocenters. The van der Waals surface area contributed by atoms with E-state index in [9.17, 15) is 9.59 Å². The van der Waals surface area contributed by atoms with E-state index < -0.39 is 11.8 Å². The Kier molecular flexibility index (Phi) is 7.63. The lowest BCUT2D eigenvalue weighted by Gasteiger charge is -2.12. The Morgan fingerprint density at radius 2 is 1.56 bits per heavy atom. The van der Waals surface area contributed by atoms with E-state index in [0.717, 1.165) is 11.1 Å². The van der Waals surface area contributed by atoms with E-state index in [1.807, 2.05) is 32.0 Å². The number of aryl methyl sites for hydroxylation is 2. The summed E-state index contributed by atoms with van der Waals surface area (Å²) in [4.78, 5) is 24.0. The first-order valence-electron chi connectivity index (χ1n) is 8.51. The number of methoxy groups -OCH3 is 1. The molecule has 0 aromatic heterocycles. The summed E-state index contributed by atoms with van der Waals surface area (Å²) >= 11 is 0. The van der Waals surface area contributed by atoms with Crippen LogP contribution in [-0.2, 0) is 9.53 Å². The van der Waals surface area contributed by atoms with E-state index in [4.69, 9.17) is 14.2 Å². The van der Waals surface area contributed by atoms with Crippen molar-refractivity contribution in [3.05, 3.63) is 59.2 Å². The molecule has 2 amide bonds. The number of hydrogen-bond acceptors (Lipinski definition) is 5. The highest BCUT2D eigenvalue weighted by atomic mass is 16.5. The fraction of sp³-hybridized carbons (Fsp3) is 0.300. The molecule has 2 aromatic rings. The van der Waals surface area contributed by atoms with Crippen molar-refractivity contribution in [1.82, 2.24) is 10.9 Å². The van der Waals surface area contributed by atoms with Crippen molar-refractivity contribution in [2.75, 3.05) is 26.9 Å². The molecule has 0 aliphatic carbocycles. The van der Waals surface area contributed by atoms with Crippen LogP contribution in [0.4, 0.5) is 0 Å². The van der Waals surface area contributed by atoms with Gasteiger partial charge in [0, 0.05) is 12.7 Å². The predicted molar refractivity (Wildman–Crippen MR) is 101 cm³/mol. The first-order chi connectivity index (χ1) is 13.0. The monoisotopic (exact) mass is 372 g/mol. The minimum Gasteiger partial charge on any atom is -0.491 e. The average molecular weight is 372 g/mol. The van der Waals surface area contributed by atoms with Gasteiger partial charge in [0.15, 0.2) is 6.61 Å². The van der Waals surface area contributed by atoms with Gasteiger partial charge in [0.2, 0.25) is 0 Å². The highest BCUT2D eigenvalue weighted by molar-refractivity contribution is 5.95. The standard InChI is InChI=1S/C20H24N2O5/c1-14-5-4-6-15(2)19(14)27-13-18(23)21-22-20(24)16-7-9-17(10-8-16)26-12-11-25-3/h4-10H,11-13H2,1-3H3,(H,21,23)(H,22,24). The smallest absolute Gasteiger partial charge is 0.276 e. The first kappa shape index (κ1) is 20.3. The zero-order valence-corrected chi connectivity index (χ0v) is 15.7. The van der Waals surface area contributed by atoms with E-state index in [-0.39, 0.29) is 6.61 Å². The number of carbonyl (C=O) groups is 2. The molecule has 0 fully saturated rings. The van der Waals surface area contributed by atoms with Gasteiger partial charge in [-0.2, -0.15) is 0 Å². The Morgan fingerprint density at radius 1 is 0.889 bits per heavy atom. The van der Waals surface area contributed by atoms with Gasteiger partial charge in [-0.05, 0) is 49.2 Å². The number of ether oxygens (including phenoxy) is 3. The highest BCUT2D eigenvalue weighted by Gasteiger charge is 2.10. The zero-order chi connectivity index (χ0) is 19.6. The van der Waals surface area contributed by atoms with Gasteiger partial charge in [-0.3, -0.25) is 20.4 Å². The number of rotatable bonds is 8. The van der Waals surface area contributed by atoms with Crippen LogP contribution < -0.4 is 20.3 Å². The third-order valence-corrected chi connectivity index (χ3v) is 3.74. The van der Waals surface area contributed by atoms with Crippen LogP contribution in [-0.4, -0.2) is 38.7 Å². The summed E-state index contributed by atoms with van der Waals surface area (Å²) in [6, 6.07) is 12.3. The fourth-order valence-corrected chi connectivity index (χ4v) is 2.34. The second-order valence-electron chi connectivity index (χ2n) is 5.88. The Hall–Kier alpha value is -3.06. The molecule has 7 heteroatoms. The van der Waals surface area contributed by atoms with Gasteiger partial charge < -0.3 is 14.2 Å². The number of para-hydroxylation sites is 1. The molecular formula is C20H24N2O5. The average Bonchev–Trinajstić information content (AvgIpc) is 2.66. The number of benzene rings is 2. The summed E-state index contributed by atoms with van der Waals surface area (Å²) in [6.07, 6.45) is 0. The lowest BCUT2D eigenvalue weighted by atomic mass is 10.1. The summed E-state index contributed by atoms with van der Waals surface area (Å²) in [6.45, 7) is 4.53. The maximum absolute atomic E-state index is 12.1. The zero-order valence-electron chi connectivity index (χ0n) is 15.7. The summed E-state index contributed by atoms with van der Waals surface area (Å²) in [5.41, 5.74) is 6.97. The van der Waals surface area contributed by atoms with E-state index >= 15 is 0 Å². The maximum atomic E-state index is 12.1. The molecule has 0 spiro atoms. The van der Waals surface area contributed by atoms with Crippen molar-refractivity contribution in [3.8, 4) is 11.5 Å². The molecule has 0 bridgehead atoms. The topological polar surface area (TPSA) is 85.9 Å². The molecule has 0 radical (unpaired) electrons. The van der Waals surface area contributed by atoms with Crippen LogP contribution in [0.1, 0.15) is 21.5 Å². The Bertz CT molecular complexity index is 754. The third kappa shape index (κ3) is 6.31. The first-order valence-corrected chi connectivity index (χ1v) is 8.51.